The Morgan fingerprint density at radius 1 is 0.800 bits per heavy atom. The number of fused-ring (bicyclic) bond motifs is 6. The second-order valence-electron chi connectivity index (χ2n) is 9.54. The highest BCUT2D eigenvalue weighted by molar-refractivity contribution is 7.20. The molecule has 40 heavy (non-hydrogen) atoms. The van der Waals surface area contributed by atoms with Gasteiger partial charge in [0, 0.05) is 31.3 Å². The number of furan rings is 1. The molecule has 0 radical (unpaired) electrons. The Hall–Kier alpha value is -5.00. The van der Waals surface area contributed by atoms with Gasteiger partial charge >= 0.3 is 0 Å². The number of thiophene rings is 1. The molecule has 0 aliphatic heterocycles. The van der Waals surface area contributed by atoms with Crippen molar-refractivity contribution in [1.82, 2.24) is 4.57 Å². The van der Waals surface area contributed by atoms with E-state index in [4.69, 9.17) is 9.41 Å². The molecule has 0 spiro atoms. The van der Waals surface area contributed by atoms with E-state index in [1.54, 1.807) is 17.6 Å². The third kappa shape index (κ3) is 3.59. The summed E-state index contributed by atoms with van der Waals surface area (Å²) in [6.07, 6.45) is 5.42. The van der Waals surface area contributed by atoms with Gasteiger partial charge in [-0.05, 0) is 41.3 Å². The Balaban J connectivity index is 1.49. The molecular formula is C35H25N3OS. The maximum Gasteiger partial charge on any atom is 0.227 e. The minimum absolute atomic E-state index is 0.420. The quantitative estimate of drug-likeness (QED) is 0.187. The fraction of sp³-hybridized carbons (Fsp3) is 0.0286. The van der Waals surface area contributed by atoms with E-state index in [0.29, 0.717) is 12.6 Å². The Bertz CT molecular complexity index is 2150. The number of benzene rings is 4. The van der Waals surface area contributed by atoms with Crippen molar-refractivity contribution in [2.75, 3.05) is 0 Å². The topological polar surface area (TPSA) is 42.8 Å². The monoisotopic (exact) mass is 535 g/mol. The second-order valence-corrected chi connectivity index (χ2v) is 10.6. The molecular weight excluding hydrogens is 510 g/mol. The predicted octanol–water partition coefficient (Wildman–Crippen LogP) is 9.87. The third-order valence-electron chi connectivity index (χ3n) is 7.50. The zero-order valence-electron chi connectivity index (χ0n) is 21.8. The highest BCUT2D eigenvalue weighted by atomic mass is 32.1. The molecule has 0 aliphatic rings. The summed E-state index contributed by atoms with van der Waals surface area (Å²) in [5.74, 6) is 0.452. The number of aromatic nitrogens is 1. The van der Waals surface area contributed by atoms with Gasteiger partial charge in [-0.3, -0.25) is 4.99 Å². The van der Waals surface area contributed by atoms with Gasteiger partial charge in [0.25, 0.3) is 0 Å². The molecule has 0 atom stereocenters. The Labute approximate surface area is 235 Å². The van der Waals surface area contributed by atoms with Gasteiger partial charge in [-0.25, -0.2) is 4.99 Å². The van der Waals surface area contributed by atoms with Crippen molar-refractivity contribution in [3.05, 3.63) is 126 Å². The lowest BCUT2D eigenvalue weighted by molar-refractivity contribution is 0.578. The van der Waals surface area contributed by atoms with Crippen molar-refractivity contribution in [2.24, 2.45) is 9.98 Å². The largest absolute Gasteiger partial charge is 0.446 e. The van der Waals surface area contributed by atoms with Gasteiger partial charge in [0.05, 0.1) is 28.6 Å². The molecule has 0 aliphatic carbocycles. The molecule has 192 valence electrons. The molecule has 4 aromatic carbocycles. The van der Waals surface area contributed by atoms with Crippen LogP contribution < -0.4 is 0 Å². The molecule has 7 aromatic rings. The van der Waals surface area contributed by atoms with Crippen molar-refractivity contribution >= 4 is 84.5 Å². The van der Waals surface area contributed by atoms with Crippen molar-refractivity contribution < 1.29 is 4.42 Å². The maximum absolute atomic E-state index is 5.68. The van der Waals surface area contributed by atoms with Crippen LogP contribution in [0.2, 0.25) is 0 Å². The molecule has 0 saturated heterocycles. The zero-order chi connectivity index (χ0) is 27.2. The van der Waals surface area contributed by atoms with Crippen LogP contribution in [-0.2, 0) is 6.67 Å². The molecule has 0 amide bonds. The van der Waals surface area contributed by atoms with Crippen molar-refractivity contribution in [3.63, 3.8) is 0 Å². The van der Waals surface area contributed by atoms with E-state index in [1.807, 2.05) is 18.2 Å². The zero-order valence-corrected chi connectivity index (χ0v) is 22.6. The number of hydrogen-bond donors (Lipinski definition) is 0. The van der Waals surface area contributed by atoms with Crippen molar-refractivity contribution in [2.45, 2.75) is 6.67 Å². The summed E-state index contributed by atoms with van der Waals surface area (Å²) in [6, 6.07) is 29.7. The van der Waals surface area contributed by atoms with Crippen LogP contribution in [0.25, 0.3) is 54.8 Å². The normalized spacial score (nSPS) is 12.1. The van der Waals surface area contributed by atoms with Crippen LogP contribution in [0, 0.1) is 0 Å². The van der Waals surface area contributed by atoms with Crippen LogP contribution in [0.5, 0.6) is 0 Å². The molecule has 3 aromatic heterocycles. The lowest BCUT2D eigenvalue weighted by Gasteiger charge is -2.10. The smallest absolute Gasteiger partial charge is 0.227 e. The summed E-state index contributed by atoms with van der Waals surface area (Å²) in [6.45, 7) is 12.2. The van der Waals surface area contributed by atoms with Gasteiger partial charge in [-0.15, -0.1) is 11.3 Å². The summed E-state index contributed by atoms with van der Waals surface area (Å²) in [5.41, 5.74) is 6.00. The molecule has 4 nitrogen and oxygen atoms in total. The highest BCUT2D eigenvalue weighted by Gasteiger charge is 2.20. The second kappa shape index (κ2) is 9.63. The SMILES string of the molecule is C=Cc1sc2c(/C(=N/Cn3c4ccccc4c4c5ccccc5ccc43)c3ccoc3N=C)cccc2c1C=C. The summed E-state index contributed by atoms with van der Waals surface area (Å²) < 4.78 is 9.09. The number of aliphatic imine (C=N–C) groups is 2. The van der Waals surface area contributed by atoms with E-state index in [0.717, 1.165) is 48.4 Å². The van der Waals surface area contributed by atoms with Gasteiger partial charge < -0.3 is 8.98 Å². The lowest BCUT2D eigenvalue weighted by Crippen LogP contribution is -2.06. The lowest BCUT2D eigenvalue weighted by atomic mass is 10.0. The van der Waals surface area contributed by atoms with E-state index in [2.05, 4.69) is 108 Å². The number of nitrogens with zero attached hydrogens (tertiary/aromatic N) is 3. The first-order chi connectivity index (χ1) is 19.7. The summed E-state index contributed by atoms with van der Waals surface area (Å²) in [5, 5.41) is 6.05. The predicted molar refractivity (Wildman–Crippen MR) is 173 cm³/mol. The van der Waals surface area contributed by atoms with E-state index in [-0.39, 0.29) is 0 Å². The minimum atomic E-state index is 0.420. The van der Waals surface area contributed by atoms with Crippen LogP contribution >= 0.6 is 11.3 Å². The molecule has 0 saturated carbocycles. The van der Waals surface area contributed by atoms with E-state index >= 15 is 0 Å². The van der Waals surface area contributed by atoms with Crippen molar-refractivity contribution in [3.8, 4) is 0 Å². The third-order valence-corrected chi connectivity index (χ3v) is 8.75. The van der Waals surface area contributed by atoms with Crippen LogP contribution in [0.15, 0.2) is 119 Å². The van der Waals surface area contributed by atoms with Gasteiger partial charge in [0.2, 0.25) is 5.88 Å². The van der Waals surface area contributed by atoms with Crippen LogP contribution in [0.3, 0.4) is 0 Å². The van der Waals surface area contributed by atoms with Gasteiger partial charge in [0.1, 0.15) is 6.67 Å². The fourth-order valence-electron chi connectivity index (χ4n) is 5.74. The number of hydrogen-bond acceptors (Lipinski definition) is 4. The van der Waals surface area contributed by atoms with Gasteiger partial charge in [-0.2, -0.15) is 0 Å². The van der Waals surface area contributed by atoms with Gasteiger partial charge in [-0.1, -0.05) is 92.0 Å². The van der Waals surface area contributed by atoms with Crippen LogP contribution in [-0.4, -0.2) is 17.0 Å². The maximum atomic E-state index is 5.68. The summed E-state index contributed by atoms with van der Waals surface area (Å²) >= 11 is 1.69. The van der Waals surface area contributed by atoms with E-state index in [1.165, 1.54) is 21.5 Å². The van der Waals surface area contributed by atoms with Crippen molar-refractivity contribution in [1.29, 1.82) is 0 Å². The molecule has 0 unspecified atom stereocenters. The molecule has 7 rings (SSSR count). The van der Waals surface area contributed by atoms with Crippen LogP contribution in [0.1, 0.15) is 21.6 Å². The number of para-hydroxylation sites is 1. The Kier molecular flexibility index (Phi) is 5.80. The fourth-order valence-corrected chi connectivity index (χ4v) is 6.91. The standard InChI is InChI=1S/C35H25N3OS/c1-4-23-25-14-10-15-27(34(25)40-31(23)5-2)33(28-19-20-39-35(28)36-3)37-21-38-29-16-9-8-13-26(29)32-24-12-7-6-11-22(24)17-18-30(32)38/h4-20H,1-3,21H2/b37-33-. The highest BCUT2D eigenvalue weighted by Crippen LogP contribution is 2.38. The summed E-state index contributed by atoms with van der Waals surface area (Å²) in [4.78, 5) is 10.5. The average molecular weight is 536 g/mol. The Morgan fingerprint density at radius 3 is 2.42 bits per heavy atom. The average Bonchev–Trinajstić information content (AvgIpc) is 3.71. The van der Waals surface area contributed by atoms with Gasteiger partial charge in [0.15, 0.2) is 0 Å². The first-order valence-electron chi connectivity index (χ1n) is 13.0. The molecule has 0 N–H and O–H groups in total. The molecule has 0 fully saturated rings. The molecule has 3 heterocycles. The minimum Gasteiger partial charge on any atom is -0.446 e. The Morgan fingerprint density at radius 2 is 1.60 bits per heavy atom. The summed E-state index contributed by atoms with van der Waals surface area (Å²) in [7, 11) is 0. The molecule has 5 heteroatoms. The number of rotatable bonds is 7. The molecule has 0 bridgehead atoms. The first kappa shape index (κ1) is 24.1. The van der Waals surface area contributed by atoms with Crippen LogP contribution in [0.4, 0.5) is 5.88 Å². The van der Waals surface area contributed by atoms with E-state index < -0.39 is 0 Å². The van der Waals surface area contributed by atoms with E-state index in [9.17, 15) is 0 Å². The first-order valence-corrected chi connectivity index (χ1v) is 13.8.